The molecule has 104 valence electrons. The van der Waals surface area contributed by atoms with Crippen molar-refractivity contribution in [3.05, 3.63) is 47.8 Å². The molecule has 2 N–H and O–H groups in total. The number of carboxylic acid groups (broad SMARTS) is 1. The zero-order valence-corrected chi connectivity index (χ0v) is 11.2. The fourth-order valence-electron chi connectivity index (χ4n) is 1.67. The average molecular weight is 273 g/mol. The molecule has 1 amide bonds. The SMILES string of the molecule is Cc1ccc(NC(=O)C(C)n2ccc(C(=O)O)n2)cc1. The third-order valence-electron chi connectivity index (χ3n) is 2.92. The van der Waals surface area contributed by atoms with Gasteiger partial charge in [0, 0.05) is 11.9 Å². The molecule has 0 saturated carbocycles. The molecule has 6 heteroatoms. The molecule has 20 heavy (non-hydrogen) atoms. The second kappa shape index (κ2) is 5.56. The summed E-state index contributed by atoms with van der Waals surface area (Å²) in [5.74, 6) is -1.37. The van der Waals surface area contributed by atoms with E-state index in [2.05, 4.69) is 10.4 Å². The third-order valence-corrected chi connectivity index (χ3v) is 2.92. The number of amides is 1. The Morgan fingerprint density at radius 1 is 1.25 bits per heavy atom. The lowest BCUT2D eigenvalue weighted by Gasteiger charge is -2.12. The third kappa shape index (κ3) is 3.03. The van der Waals surface area contributed by atoms with E-state index in [0.717, 1.165) is 5.56 Å². The summed E-state index contributed by atoms with van der Waals surface area (Å²) in [6, 6.07) is 8.19. The van der Waals surface area contributed by atoms with Crippen LogP contribution in [-0.4, -0.2) is 26.8 Å². The van der Waals surface area contributed by atoms with Crippen molar-refractivity contribution in [2.75, 3.05) is 5.32 Å². The Hall–Kier alpha value is -2.63. The largest absolute Gasteiger partial charge is 0.476 e. The second-order valence-electron chi connectivity index (χ2n) is 4.52. The quantitative estimate of drug-likeness (QED) is 0.893. The van der Waals surface area contributed by atoms with Crippen LogP contribution in [0.3, 0.4) is 0 Å². The van der Waals surface area contributed by atoms with E-state index in [0.29, 0.717) is 5.69 Å². The number of nitrogens with one attached hydrogen (secondary N) is 1. The van der Waals surface area contributed by atoms with Crippen molar-refractivity contribution in [1.29, 1.82) is 0 Å². The monoisotopic (exact) mass is 273 g/mol. The maximum Gasteiger partial charge on any atom is 0.356 e. The predicted octanol–water partition coefficient (Wildman–Crippen LogP) is 2.09. The number of nitrogens with zero attached hydrogens (tertiary/aromatic N) is 2. The Bertz CT molecular complexity index is 631. The Morgan fingerprint density at radius 3 is 2.45 bits per heavy atom. The molecule has 0 saturated heterocycles. The summed E-state index contributed by atoms with van der Waals surface area (Å²) in [6.07, 6.45) is 1.48. The predicted molar refractivity (Wildman–Crippen MR) is 73.7 cm³/mol. The maximum atomic E-state index is 12.1. The molecule has 6 nitrogen and oxygen atoms in total. The highest BCUT2D eigenvalue weighted by Gasteiger charge is 2.17. The lowest BCUT2D eigenvalue weighted by Crippen LogP contribution is -2.24. The van der Waals surface area contributed by atoms with E-state index in [1.165, 1.54) is 16.9 Å². The molecular formula is C14H15N3O3. The van der Waals surface area contributed by atoms with Crippen molar-refractivity contribution < 1.29 is 14.7 Å². The number of benzene rings is 1. The van der Waals surface area contributed by atoms with E-state index in [1.807, 2.05) is 31.2 Å². The summed E-state index contributed by atoms with van der Waals surface area (Å²) in [7, 11) is 0. The zero-order valence-electron chi connectivity index (χ0n) is 11.2. The molecule has 0 fully saturated rings. The van der Waals surface area contributed by atoms with Crippen LogP contribution in [0.25, 0.3) is 0 Å². The van der Waals surface area contributed by atoms with Crippen LogP contribution in [0.2, 0.25) is 0 Å². The minimum atomic E-state index is -1.12. The summed E-state index contributed by atoms with van der Waals surface area (Å²) < 4.78 is 1.33. The van der Waals surface area contributed by atoms with Gasteiger partial charge in [-0.2, -0.15) is 5.10 Å². The number of hydrogen-bond acceptors (Lipinski definition) is 3. The molecule has 0 aliphatic carbocycles. The molecule has 2 aromatic rings. The number of hydrogen-bond donors (Lipinski definition) is 2. The van der Waals surface area contributed by atoms with Crippen LogP contribution in [0.5, 0.6) is 0 Å². The van der Waals surface area contributed by atoms with Crippen LogP contribution in [0.15, 0.2) is 36.5 Å². The molecule has 1 aromatic heterocycles. The Kier molecular flexibility index (Phi) is 3.84. The summed E-state index contributed by atoms with van der Waals surface area (Å²) in [5.41, 5.74) is 1.72. The van der Waals surface area contributed by atoms with Crippen LogP contribution in [0, 0.1) is 6.92 Å². The zero-order chi connectivity index (χ0) is 14.7. The minimum Gasteiger partial charge on any atom is -0.476 e. The molecule has 1 atom stereocenters. The number of aromatic nitrogens is 2. The van der Waals surface area contributed by atoms with E-state index < -0.39 is 12.0 Å². The molecule has 1 aromatic carbocycles. The normalized spacial score (nSPS) is 11.9. The fourth-order valence-corrected chi connectivity index (χ4v) is 1.67. The van der Waals surface area contributed by atoms with Crippen molar-refractivity contribution >= 4 is 17.6 Å². The van der Waals surface area contributed by atoms with Crippen LogP contribution in [0.1, 0.15) is 29.0 Å². The summed E-state index contributed by atoms with van der Waals surface area (Å²) in [5, 5.41) is 15.4. The van der Waals surface area contributed by atoms with Gasteiger partial charge in [0.2, 0.25) is 5.91 Å². The molecule has 0 aliphatic rings. The Morgan fingerprint density at radius 2 is 1.90 bits per heavy atom. The van der Waals surface area contributed by atoms with Crippen molar-refractivity contribution in [2.24, 2.45) is 0 Å². The summed E-state index contributed by atoms with van der Waals surface area (Å²) in [6.45, 7) is 3.62. The molecule has 1 unspecified atom stereocenters. The van der Waals surface area contributed by atoms with Gasteiger partial charge in [-0.05, 0) is 32.0 Å². The number of carboxylic acids is 1. The average Bonchev–Trinajstić information content (AvgIpc) is 2.90. The van der Waals surface area contributed by atoms with Gasteiger partial charge >= 0.3 is 5.97 Å². The number of anilines is 1. The molecule has 0 bridgehead atoms. The highest BCUT2D eigenvalue weighted by atomic mass is 16.4. The van der Waals surface area contributed by atoms with Crippen LogP contribution in [0.4, 0.5) is 5.69 Å². The first kappa shape index (κ1) is 13.8. The lowest BCUT2D eigenvalue weighted by molar-refractivity contribution is -0.119. The molecular weight excluding hydrogens is 258 g/mol. The molecule has 0 aliphatic heterocycles. The number of rotatable bonds is 4. The topological polar surface area (TPSA) is 84.2 Å². The van der Waals surface area contributed by atoms with Gasteiger partial charge in [-0.1, -0.05) is 17.7 Å². The van der Waals surface area contributed by atoms with E-state index in [9.17, 15) is 9.59 Å². The molecule has 0 radical (unpaired) electrons. The van der Waals surface area contributed by atoms with Crippen molar-refractivity contribution in [1.82, 2.24) is 9.78 Å². The smallest absolute Gasteiger partial charge is 0.356 e. The van der Waals surface area contributed by atoms with Gasteiger partial charge in [0.1, 0.15) is 6.04 Å². The first-order chi connectivity index (χ1) is 9.47. The maximum absolute atomic E-state index is 12.1. The Labute approximate surface area is 116 Å². The summed E-state index contributed by atoms with van der Waals surface area (Å²) in [4.78, 5) is 22.8. The van der Waals surface area contributed by atoms with E-state index in [4.69, 9.17) is 5.11 Å². The molecule has 1 heterocycles. The minimum absolute atomic E-state index is 0.0833. The van der Waals surface area contributed by atoms with Gasteiger partial charge in [0.25, 0.3) is 0 Å². The highest BCUT2D eigenvalue weighted by Crippen LogP contribution is 2.13. The molecule has 2 rings (SSSR count). The first-order valence-electron chi connectivity index (χ1n) is 6.13. The Balaban J connectivity index is 2.07. The van der Waals surface area contributed by atoms with E-state index in [-0.39, 0.29) is 11.6 Å². The van der Waals surface area contributed by atoms with Gasteiger partial charge in [-0.25, -0.2) is 4.79 Å². The molecule has 0 spiro atoms. The van der Waals surface area contributed by atoms with Gasteiger partial charge in [0.05, 0.1) is 0 Å². The lowest BCUT2D eigenvalue weighted by atomic mass is 10.2. The van der Waals surface area contributed by atoms with E-state index >= 15 is 0 Å². The van der Waals surface area contributed by atoms with Crippen molar-refractivity contribution in [3.8, 4) is 0 Å². The number of aryl methyl sites for hydroxylation is 1. The number of carbonyl (C=O) groups excluding carboxylic acids is 1. The summed E-state index contributed by atoms with van der Waals surface area (Å²) >= 11 is 0. The van der Waals surface area contributed by atoms with Crippen LogP contribution >= 0.6 is 0 Å². The van der Waals surface area contributed by atoms with Crippen LogP contribution < -0.4 is 5.32 Å². The number of aromatic carboxylic acids is 1. The second-order valence-corrected chi connectivity index (χ2v) is 4.52. The van der Waals surface area contributed by atoms with Gasteiger partial charge in [0.15, 0.2) is 5.69 Å². The van der Waals surface area contributed by atoms with Gasteiger partial charge in [-0.3, -0.25) is 9.48 Å². The first-order valence-corrected chi connectivity index (χ1v) is 6.13. The fraction of sp³-hybridized carbons (Fsp3) is 0.214. The van der Waals surface area contributed by atoms with Gasteiger partial charge < -0.3 is 10.4 Å². The van der Waals surface area contributed by atoms with Crippen LogP contribution in [-0.2, 0) is 4.79 Å². The number of carbonyl (C=O) groups is 2. The van der Waals surface area contributed by atoms with Crippen molar-refractivity contribution in [2.45, 2.75) is 19.9 Å². The van der Waals surface area contributed by atoms with E-state index in [1.54, 1.807) is 6.92 Å². The van der Waals surface area contributed by atoms with Gasteiger partial charge in [-0.15, -0.1) is 0 Å². The van der Waals surface area contributed by atoms with Crippen molar-refractivity contribution in [3.63, 3.8) is 0 Å². The standard InChI is InChI=1S/C14H15N3O3/c1-9-3-5-11(6-4-9)15-13(18)10(2)17-8-7-12(16-17)14(19)20/h3-8,10H,1-2H3,(H,15,18)(H,19,20). The highest BCUT2D eigenvalue weighted by molar-refractivity contribution is 5.93.